The molecule has 43 heavy (non-hydrogen) atoms. The fraction of sp³-hybridized carbons (Fsp3) is 0.786. The van der Waals surface area contributed by atoms with Crippen LogP contribution in [-0.2, 0) is 28.8 Å². The number of carboxylic acids is 1. The first-order valence-electron chi connectivity index (χ1n) is 14.8. The molecule has 15 heteroatoms. The number of aliphatic carboxylic acids is 1. The first-order valence-corrected chi connectivity index (χ1v) is 14.8. The van der Waals surface area contributed by atoms with E-state index in [1.165, 1.54) is 6.92 Å². The minimum absolute atomic E-state index is 0.198. The van der Waals surface area contributed by atoms with Crippen molar-refractivity contribution in [3.63, 3.8) is 0 Å². The summed E-state index contributed by atoms with van der Waals surface area (Å²) in [5, 5.41) is 31.3. The van der Waals surface area contributed by atoms with Gasteiger partial charge in [-0.05, 0) is 50.5 Å². The summed E-state index contributed by atoms with van der Waals surface area (Å²) >= 11 is 0. The molecule has 0 unspecified atom stereocenters. The first-order chi connectivity index (χ1) is 20.0. The summed E-state index contributed by atoms with van der Waals surface area (Å²) in [7, 11) is 0. The highest BCUT2D eigenvalue weighted by Gasteiger charge is 2.34. The van der Waals surface area contributed by atoms with Gasteiger partial charge in [-0.3, -0.25) is 24.0 Å². The molecule has 0 aromatic rings. The van der Waals surface area contributed by atoms with Crippen molar-refractivity contribution in [1.29, 1.82) is 0 Å². The Bertz CT molecular complexity index is 946. The maximum absolute atomic E-state index is 13.4. The second-order valence-electron chi connectivity index (χ2n) is 11.5. The van der Waals surface area contributed by atoms with Gasteiger partial charge in [0.2, 0.25) is 29.5 Å². The fourth-order valence-electron chi connectivity index (χ4n) is 4.02. The fourth-order valence-corrected chi connectivity index (χ4v) is 4.02. The van der Waals surface area contributed by atoms with E-state index in [2.05, 4.69) is 26.6 Å². The van der Waals surface area contributed by atoms with Gasteiger partial charge < -0.3 is 48.3 Å². The van der Waals surface area contributed by atoms with Gasteiger partial charge in [-0.2, -0.15) is 0 Å². The van der Waals surface area contributed by atoms with Gasteiger partial charge in [-0.1, -0.05) is 48.0 Å². The van der Waals surface area contributed by atoms with Gasteiger partial charge in [0, 0.05) is 0 Å². The number of carbonyl (C=O) groups excluding carboxylic acids is 5. The van der Waals surface area contributed by atoms with E-state index < -0.39 is 90.2 Å². The molecule has 0 aliphatic heterocycles. The minimum atomic E-state index is -1.22. The van der Waals surface area contributed by atoms with Gasteiger partial charge in [-0.15, -0.1) is 0 Å². The van der Waals surface area contributed by atoms with Crippen molar-refractivity contribution in [2.24, 2.45) is 29.2 Å². The smallest absolute Gasteiger partial charge is 0.326 e. The Hall–Kier alpha value is -3.30. The van der Waals surface area contributed by atoms with Crippen molar-refractivity contribution in [1.82, 2.24) is 26.6 Å². The lowest BCUT2D eigenvalue weighted by Gasteiger charge is -2.29. The molecule has 0 radical (unpaired) electrons. The summed E-state index contributed by atoms with van der Waals surface area (Å²) < 4.78 is 0. The number of nitrogens with two attached hydrogens (primary N) is 2. The van der Waals surface area contributed by atoms with Gasteiger partial charge in [0.05, 0.1) is 6.61 Å². The molecule has 5 amide bonds. The van der Waals surface area contributed by atoms with E-state index >= 15 is 0 Å². The Balaban J connectivity index is 5.79. The molecule has 0 heterocycles. The zero-order chi connectivity index (χ0) is 33.4. The van der Waals surface area contributed by atoms with Crippen LogP contribution in [0.25, 0.3) is 0 Å². The van der Waals surface area contributed by atoms with E-state index in [4.69, 9.17) is 11.5 Å². The lowest BCUT2D eigenvalue weighted by Crippen LogP contribution is -2.60. The Morgan fingerprint density at radius 2 is 1.19 bits per heavy atom. The number of hydrogen-bond acceptors (Lipinski definition) is 9. The number of amides is 5. The Kier molecular flexibility index (Phi) is 18.3. The Morgan fingerprint density at radius 1 is 0.674 bits per heavy atom. The third kappa shape index (κ3) is 13.7. The molecule has 0 spiro atoms. The summed E-state index contributed by atoms with van der Waals surface area (Å²) in [6, 6.07) is -6.68. The molecule has 0 aromatic heterocycles. The van der Waals surface area contributed by atoms with E-state index in [0.717, 1.165) is 0 Å². The topological polar surface area (TPSA) is 255 Å². The minimum Gasteiger partial charge on any atom is -0.480 e. The summed E-state index contributed by atoms with van der Waals surface area (Å²) in [6.45, 7) is 11.4. The molecule has 248 valence electrons. The molecule has 0 aromatic carbocycles. The molecule has 0 rings (SSSR count). The molecule has 0 saturated carbocycles. The molecule has 0 fully saturated rings. The van der Waals surface area contributed by atoms with Crippen LogP contribution in [0.2, 0.25) is 0 Å². The quantitative estimate of drug-likeness (QED) is 0.0703. The van der Waals surface area contributed by atoms with Crippen molar-refractivity contribution in [2.45, 2.75) is 110 Å². The van der Waals surface area contributed by atoms with Crippen LogP contribution in [-0.4, -0.2) is 95.1 Å². The van der Waals surface area contributed by atoms with E-state index in [-0.39, 0.29) is 12.3 Å². The molecule has 0 aliphatic rings. The third-order valence-corrected chi connectivity index (χ3v) is 7.14. The lowest BCUT2D eigenvalue weighted by molar-refractivity contribution is -0.143. The highest BCUT2D eigenvalue weighted by atomic mass is 16.4. The Morgan fingerprint density at radius 3 is 1.65 bits per heavy atom. The maximum Gasteiger partial charge on any atom is 0.326 e. The van der Waals surface area contributed by atoms with Crippen LogP contribution >= 0.6 is 0 Å². The molecule has 11 N–H and O–H groups in total. The average molecular weight is 616 g/mol. The van der Waals surface area contributed by atoms with Crippen molar-refractivity contribution >= 4 is 35.5 Å². The molecule has 0 saturated heterocycles. The highest BCUT2D eigenvalue weighted by molar-refractivity contribution is 5.96. The van der Waals surface area contributed by atoms with Crippen LogP contribution in [0, 0.1) is 17.8 Å². The van der Waals surface area contributed by atoms with E-state index in [9.17, 15) is 39.0 Å². The predicted octanol–water partition coefficient (Wildman–Crippen LogP) is -1.68. The summed E-state index contributed by atoms with van der Waals surface area (Å²) in [4.78, 5) is 76.2. The molecule has 0 aliphatic carbocycles. The van der Waals surface area contributed by atoms with Gasteiger partial charge in [0.1, 0.15) is 36.3 Å². The van der Waals surface area contributed by atoms with Crippen LogP contribution in [0.4, 0.5) is 0 Å². The van der Waals surface area contributed by atoms with E-state index in [1.54, 1.807) is 34.6 Å². The van der Waals surface area contributed by atoms with Crippen molar-refractivity contribution < 1.29 is 39.0 Å². The number of rotatable bonds is 20. The Labute approximate surface area is 254 Å². The third-order valence-electron chi connectivity index (χ3n) is 7.14. The van der Waals surface area contributed by atoms with Gasteiger partial charge in [0.25, 0.3) is 0 Å². The highest BCUT2D eigenvalue weighted by Crippen LogP contribution is 2.11. The SMILES string of the molecule is CC[C@H](C)[C@H](NC(=O)[C@@H](N)CO)C(=O)N[C@@H](CCCCN)C(=O)N[C@H](C(=O)N[C@@H](C)C(=O)N[C@@H](C(=O)O)C(C)C)C(C)C. The molecular weight excluding hydrogens is 562 g/mol. The zero-order valence-electron chi connectivity index (χ0n) is 26.4. The number of carbonyl (C=O) groups is 6. The molecule has 7 atom stereocenters. The van der Waals surface area contributed by atoms with Gasteiger partial charge >= 0.3 is 5.97 Å². The number of nitrogens with one attached hydrogen (secondary N) is 5. The normalized spacial score (nSPS) is 16.2. The summed E-state index contributed by atoms with van der Waals surface area (Å²) in [5.41, 5.74) is 11.2. The lowest BCUT2D eigenvalue weighted by atomic mass is 9.96. The average Bonchev–Trinajstić information content (AvgIpc) is 2.94. The van der Waals surface area contributed by atoms with Crippen LogP contribution in [0.15, 0.2) is 0 Å². The van der Waals surface area contributed by atoms with Crippen molar-refractivity contribution in [2.75, 3.05) is 13.2 Å². The number of unbranched alkanes of at least 4 members (excludes halogenated alkanes) is 1. The van der Waals surface area contributed by atoms with Crippen LogP contribution in [0.3, 0.4) is 0 Å². The summed E-state index contributed by atoms with van der Waals surface area (Å²) in [5.74, 6) is -5.72. The standard InChI is InChI=1S/C28H53N7O8/c1-8-16(6)22(35-24(38)18(30)13-36)27(41)32-19(11-9-10-12-29)25(39)33-20(14(2)3)26(40)31-17(7)23(37)34-21(15(4)5)28(42)43/h14-22,36H,8-13,29-30H2,1-7H3,(H,31,40)(H,32,41)(H,33,39)(H,34,37)(H,35,38)(H,42,43)/t16-,17-,18-,19-,20-,21+,22-/m0/s1. The molecule has 15 nitrogen and oxygen atoms in total. The van der Waals surface area contributed by atoms with E-state index in [1.807, 2.05) is 6.92 Å². The van der Waals surface area contributed by atoms with Gasteiger partial charge in [-0.25, -0.2) is 4.79 Å². The molecule has 0 bridgehead atoms. The number of aliphatic hydroxyl groups excluding tert-OH is 1. The van der Waals surface area contributed by atoms with Crippen LogP contribution in [0.1, 0.15) is 74.1 Å². The largest absolute Gasteiger partial charge is 0.480 e. The monoisotopic (exact) mass is 615 g/mol. The van der Waals surface area contributed by atoms with E-state index in [0.29, 0.717) is 25.8 Å². The second kappa shape index (κ2) is 19.8. The second-order valence-corrected chi connectivity index (χ2v) is 11.5. The van der Waals surface area contributed by atoms with Crippen LogP contribution < -0.4 is 38.1 Å². The number of carboxylic acid groups (broad SMARTS) is 1. The van der Waals surface area contributed by atoms with Crippen molar-refractivity contribution in [3.8, 4) is 0 Å². The number of aliphatic hydroxyl groups is 1. The van der Waals surface area contributed by atoms with Gasteiger partial charge in [0.15, 0.2) is 0 Å². The maximum atomic E-state index is 13.4. The number of hydrogen-bond donors (Lipinski definition) is 9. The first kappa shape index (κ1) is 39.7. The van der Waals surface area contributed by atoms with Crippen molar-refractivity contribution in [3.05, 3.63) is 0 Å². The van der Waals surface area contributed by atoms with Crippen LogP contribution in [0.5, 0.6) is 0 Å². The molecular formula is C28H53N7O8. The predicted molar refractivity (Wildman–Crippen MR) is 160 cm³/mol. The summed E-state index contributed by atoms with van der Waals surface area (Å²) in [6.07, 6.45) is 1.78. The zero-order valence-corrected chi connectivity index (χ0v) is 26.4.